The van der Waals surface area contributed by atoms with Crippen molar-refractivity contribution in [2.24, 2.45) is 0 Å². The molecular formula is C28H23BrFN7O3. The number of likely N-dealkylation sites (tertiary alicyclic amines) is 1. The summed E-state index contributed by atoms with van der Waals surface area (Å²) in [5.74, 6) is -0.955. The van der Waals surface area contributed by atoms with E-state index in [1.165, 1.54) is 16.5 Å². The molecule has 1 N–H and O–H groups in total. The monoisotopic (exact) mass is 603 g/mol. The molecule has 1 fully saturated rings. The number of fused-ring (bicyclic) bond motifs is 2. The Kier molecular flexibility index (Phi) is 6.62. The average Bonchev–Trinajstić information content (AvgIpc) is 3.65. The number of nitrogens with zero attached hydrogens (tertiary/aromatic N) is 6. The average molecular weight is 604 g/mol. The minimum Gasteiger partial charge on any atom is -0.326 e. The number of amides is 2. The van der Waals surface area contributed by atoms with Gasteiger partial charge in [0.05, 0.1) is 17.6 Å². The van der Waals surface area contributed by atoms with Crippen molar-refractivity contribution in [3.05, 3.63) is 77.3 Å². The molecule has 202 valence electrons. The fourth-order valence-corrected chi connectivity index (χ4v) is 5.38. The first-order chi connectivity index (χ1) is 19.3. The van der Waals surface area contributed by atoms with Gasteiger partial charge in [-0.05, 0) is 57.9 Å². The van der Waals surface area contributed by atoms with Crippen LogP contribution in [0.3, 0.4) is 0 Å². The Morgan fingerprint density at radius 3 is 2.73 bits per heavy atom. The zero-order valence-electron chi connectivity index (χ0n) is 21.3. The van der Waals surface area contributed by atoms with Gasteiger partial charge in [-0.1, -0.05) is 18.2 Å². The molecule has 0 radical (unpaired) electrons. The van der Waals surface area contributed by atoms with E-state index in [4.69, 9.17) is 0 Å². The molecule has 1 saturated heterocycles. The van der Waals surface area contributed by atoms with Gasteiger partial charge >= 0.3 is 0 Å². The van der Waals surface area contributed by atoms with Gasteiger partial charge in [-0.15, -0.1) is 0 Å². The van der Waals surface area contributed by atoms with E-state index >= 15 is 0 Å². The van der Waals surface area contributed by atoms with Crippen LogP contribution in [0.1, 0.15) is 23.8 Å². The minimum absolute atomic E-state index is 0.117. The van der Waals surface area contributed by atoms with Crippen molar-refractivity contribution in [2.75, 3.05) is 11.9 Å². The minimum atomic E-state index is -1.34. The second kappa shape index (κ2) is 10.3. The number of carbonyl (C=O) groups excluding carboxylic acids is 3. The molecule has 0 aliphatic carbocycles. The van der Waals surface area contributed by atoms with Gasteiger partial charge in [-0.2, -0.15) is 10.2 Å². The van der Waals surface area contributed by atoms with Crippen molar-refractivity contribution in [3.8, 4) is 11.1 Å². The van der Waals surface area contributed by atoms with E-state index in [0.717, 1.165) is 16.6 Å². The summed E-state index contributed by atoms with van der Waals surface area (Å²) in [7, 11) is 0. The van der Waals surface area contributed by atoms with Crippen LogP contribution in [0.2, 0.25) is 0 Å². The number of aromatic nitrogens is 5. The molecule has 1 aliphatic heterocycles. The molecular weight excluding hydrogens is 581 g/mol. The maximum atomic E-state index is 14.5. The summed E-state index contributed by atoms with van der Waals surface area (Å²) in [4.78, 5) is 44.3. The Balaban J connectivity index is 1.28. The van der Waals surface area contributed by atoms with Crippen molar-refractivity contribution >= 4 is 55.8 Å². The van der Waals surface area contributed by atoms with Crippen LogP contribution < -0.4 is 5.32 Å². The third kappa shape index (κ3) is 4.86. The number of anilines is 1. The summed E-state index contributed by atoms with van der Waals surface area (Å²) in [6.07, 6.45) is 2.16. The molecule has 10 nitrogen and oxygen atoms in total. The molecule has 5 aromatic rings. The van der Waals surface area contributed by atoms with Crippen molar-refractivity contribution in [1.82, 2.24) is 29.3 Å². The number of rotatable bonds is 6. The topological polar surface area (TPSA) is 114 Å². The number of Topliss-reactive ketones (excluding diaryl/α,β-unsaturated/α-hetero) is 1. The van der Waals surface area contributed by atoms with Gasteiger partial charge in [0, 0.05) is 36.7 Å². The fourth-order valence-electron chi connectivity index (χ4n) is 5.04. The zero-order valence-corrected chi connectivity index (χ0v) is 22.9. The van der Waals surface area contributed by atoms with Crippen molar-refractivity contribution in [2.45, 2.75) is 32.1 Å². The number of benzene rings is 1. The lowest BCUT2D eigenvalue weighted by atomic mass is 10.0. The van der Waals surface area contributed by atoms with E-state index in [-0.39, 0.29) is 31.0 Å². The molecule has 4 aromatic heterocycles. The molecule has 0 bridgehead atoms. The second-order valence-corrected chi connectivity index (χ2v) is 10.5. The number of pyridine rings is 2. The molecule has 0 saturated carbocycles. The van der Waals surface area contributed by atoms with Gasteiger partial charge in [0.15, 0.2) is 5.78 Å². The maximum absolute atomic E-state index is 14.5. The van der Waals surface area contributed by atoms with Crippen LogP contribution in [0.25, 0.3) is 27.5 Å². The third-order valence-corrected chi connectivity index (χ3v) is 7.38. The number of nitrogens with one attached hydrogen (secondary N) is 1. The molecule has 2 atom stereocenters. The lowest BCUT2D eigenvalue weighted by molar-refractivity contribution is -0.137. The van der Waals surface area contributed by atoms with E-state index < -0.39 is 24.0 Å². The highest BCUT2D eigenvalue weighted by Crippen LogP contribution is 2.28. The lowest BCUT2D eigenvalue weighted by Crippen LogP contribution is -2.44. The number of carbonyl (C=O) groups is 3. The summed E-state index contributed by atoms with van der Waals surface area (Å²) in [5, 5.41) is 12.0. The highest BCUT2D eigenvalue weighted by molar-refractivity contribution is 9.10. The SMILES string of the molecule is CC(=O)c1nn(CC(=O)N2C[C@H](F)C[C@H]2C(=O)Nc2cccc(Br)n2)c2ccc(-c3ccc4ccnn4c3)cc12. The van der Waals surface area contributed by atoms with Gasteiger partial charge in [0.2, 0.25) is 11.8 Å². The van der Waals surface area contributed by atoms with E-state index in [2.05, 4.69) is 36.4 Å². The predicted molar refractivity (Wildman–Crippen MR) is 150 cm³/mol. The summed E-state index contributed by atoms with van der Waals surface area (Å²) in [6.45, 7) is 0.955. The summed E-state index contributed by atoms with van der Waals surface area (Å²) < 4.78 is 18.2. The smallest absolute Gasteiger partial charge is 0.248 e. The molecule has 1 aromatic carbocycles. The zero-order chi connectivity index (χ0) is 28.0. The second-order valence-electron chi connectivity index (χ2n) is 9.64. The standard InChI is InChI=1S/C28H23BrFN7O3/c1-16(38)27-21-11-17(18-5-7-20-9-10-31-36(20)13-18)6-8-22(21)37(34-27)15-26(39)35-14-19(30)12-23(35)28(40)33-25-4-2-3-24(29)32-25/h2-11,13,19,23H,12,14-15H2,1H3,(H,32,33,40)/t19-,23+/m1/s1. The van der Waals surface area contributed by atoms with E-state index in [1.54, 1.807) is 35.0 Å². The van der Waals surface area contributed by atoms with Crippen LogP contribution in [0.4, 0.5) is 10.2 Å². The van der Waals surface area contributed by atoms with Crippen LogP contribution in [0.15, 0.2) is 71.6 Å². The molecule has 40 heavy (non-hydrogen) atoms. The Morgan fingerprint density at radius 2 is 1.93 bits per heavy atom. The van der Waals surface area contributed by atoms with Crippen LogP contribution in [0, 0.1) is 0 Å². The lowest BCUT2D eigenvalue weighted by Gasteiger charge is -2.23. The summed E-state index contributed by atoms with van der Waals surface area (Å²) in [6, 6.07) is 15.4. The van der Waals surface area contributed by atoms with Crippen molar-refractivity contribution in [3.63, 3.8) is 0 Å². The first-order valence-corrected chi connectivity index (χ1v) is 13.4. The Labute approximate surface area is 235 Å². The number of ketones is 1. The highest BCUT2D eigenvalue weighted by atomic mass is 79.9. The largest absolute Gasteiger partial charge is 0.326 e. The van der Waals surface area contributed by atoms with Gasteiger partial charge in [-0.25, -0.2) is 13.9 Å². The van der Waals surface area contributed by atoms with Gasteiger partial charge < -0.3 is 10.2 Å². The Hall–Kier alpha value is -4.45. The van der Waals surface area contributed by atoms with Gasteiger partial charge in [-0.3, -0.25) is 19.1 Å². The molecule has 1 aliphatic rings. The number of hydrogen-bond acceptors (Lipinski definition) is 6. The van der Waals surface area contributed by atoms with Gasteiger partial charge in [0.25, 0.3) is 0 Å². The highest BCUT2D eigenvalue weighted by Gasteiger charge is 2.40. The first kappa shape index (κ1) is 25.8. The van der Waals surface area contributed by atoms with Crippen molar-refractivity contribution < 1.29 is 18.8 Å². The number of halogens is 2. The predicted octanol–water partition coefficient (Wildman–Crippen LogP) is 4.29. The van der Waals surface area contributed by atoms with E-state index in [0.29, 0.717) is 21.3 Å². The summed E-state index contributed by atoms with van der Waals surface area (Å²) in [5.41, 5.74) is 3.52. The van der Waals surface area contributed by atoms with Crippen LogP contribution in [-0.4, -0.2) is 65.6 Å². The first-order valence-electron chi connectivity index (χ1n) is 12.6. The third-order valence-electron chi connectivity index (χ3n) is 6.94. The number of hydrogen-bond donors (Lipinski definition) is 1. The van der Waals surface area contributed by atoms with E-state index in [1.807, 2.05) is 36.5 Å². The van der Waals surface area contributed by atoms with Gasteiger partial charge in [0.1, 0.15) is 34.9 Å². The van der Waals surface area contributed by atoms with Crippen LogP contribution in [-0.2, 0) is 16.1 Å². The molecule has 0 unspecified atom stereocenters. The van der Waals surface area contributed by atoms with Crippen LogP contribution >= 0.6 is 15.9 Å². The molecule has 2 amide bonds. The molecule has 12 heteroatoms. The molecule has 5 heterocycles. The quantitative estimate of drug-likeness (QED) is 0.229. The number of alkyl halides is 1. The van der Waals surface area contributed by atoms with E-state index in [9.17, 15) is 18.8 Å². The van der Waals surface area contributed by atoms with Crippen molar-refractivity contribution in [1.29, 1.82) is 0 Å². The fraction of sp³-hybridized carbons (Fsp3) is 0.214. The maximum Gasteiger partial charge on any atom is 0.248 e. The Morgan fingerprint density at radius 1 is 1.10 bits per heavy atom. The summed E-state index contributed by atoms with van der Waals surface area (Å²) >= 11 is 3.25. The normalized spacial score (nSPS) is 17.0. The van der Waals surface area contributed by atoms with Crippen LogP contribution in [0.5, 0.6) is 0 Å². The Bertz CT molecular complexity index is 1800. The molecule has 6 rings (SSSR count). The molecule has 0 spiro atoms.